The average Bonchev–Trinajstić information content (AvgIpc) is 2.27. The van der Waals surface area contributed by atoms with Crippen LogP contribution in [0.3, 0.4) is 0 Å². The number of hydrogen-bond acceptors (Lipinski definition) is 2. The maximum absolute atomic E-state index is 12.0. The number of carbonyl (C=O) groups excluding carboxylic acids is 1. The standard InChI is InChI=1S/C15H17ClO2/c1-15(2,3)9-5-6-13(17)12-10-11(16)7-8-14(12)18-4/h7-8,10H,6H2,1-4H3. The molecule has 0 unspecified atom stereocenters. The molecular weight excluding hydrogens is 248 g/mol. The maximum atomic E-state index is 12.0. The number of halogens is 1. The summed E-state index contributed by atoms with van der Waals surface area (Å²) in [4.78, 5) is 12.0. The first kappa shape index (κ1) is 14.6. The monoisotopic (exact) mass is 264 g/mol. The van der Waals surface area contributed by atoms with E-state index in [-0.39, 0.29) is 17.6 Å². The number of ketones is 1. The molecule has 0 aromatic heterocycles. The molecule has 0 bridgehead atoms. The number of hydrogen-bond donors (Lipinski definition) is 0. The van der Waals surface area contributed by atoms with Crippen LogP contribution in [-0.4, -0.2) is 12.9 Å². The lowest BCUT2D eigenvalue weighted by atomic mass is 9.97. The molecule has 3 heteroatoms. The first-order valence-electron chi connectivity index (χ1n) is 5.70. The van der Waals surface area contributed by atoms with E-state index in [0.29, 0.717) is 16.3 Å². The van der Waals surface area contributed by atoms with Crippen molar-refractivity contribution in [2.75, 3.05) is 7.11 Å². The molecule has 0 aliphatic carbocycles. The van der Waals surface area contributed by atoms with Gasteiger partial charge in [0.05, 0.1) is 19.1 Å². The Morgan fingerprint density at radius 1 is 1.39 bits per heavy atom. The summed E-state index contributed by atoms with van der Waals surface area (Å²) in [5.74, 6) is 6.38. The molecule has 0 amide bonds. The lowest BCUT2D eigenvalue weighted by Gasteiger charge is -2.08. The molecule has 1 aromatic rings. The van der Waals surface area contributed by atoms with Crippen LogP contribution >= 0.6 is 11.6 Å². The SMILES string of the molecule is COc1ccc(Cl)cc1C(=O)CC#CC(C)(C)C. The maximum Gasteiger partial charge on any atom is 0.178 e. The van der Waals surface area contributed by atoms with Crippen molar-refractivity contribution in [3.05, 3.63) is 28.8 Å². The molecule has 0 radical (unpaired) electrons. The van der Waals surface area contributed by atoms with E-state index in [1.54, 1.807) is 18.2 Å². The van der Waals surface area contributed by atoms with Crippen molar-refractivity contribution in [2.45, 2.75) is 27.2 Å². The molecule has 18 heavy (non-hydrogen) atoms. The van der Waals surface area contributed by atoms with Crippen LogP contribution < -0.4 is 4.74 Å². The highest BCUT2D eigenvalue weighted by Crippen LogP contribution is 2.23. The van der Waals surface area contributed by atoms with Crippen LogP contribution in [0.15, 0.2) is 18.2 Å². The zero-order valence-corrected chi connectivity index (χ0v) is 11.9. The molecule has 0 aliphatic rings. The lowest BCUT2D eigenvalue weighted by molar-refractivity contribution is 0.0995. The molecule has 1 rings (SSSR count). The molecule has 0 fully saturated rings. The van der Waals surface area contributed by atoms with Crippen molar-refractivity contribution in [1.29, 1.82) is 0 Å². The smallest absolute Gasteiger partial charge is 0.178 e. The number of methoxy groups -OCH3 is 1. The summed E-state index contributed by atoms with van der Waals surface area (Å²) >= 11 is 5.88. The Hall–Kier alpha value is -1.46. The molecule has 0 saturated carbocycles. The van der Waals surface area contributed by atoms with Crippen molar-refractivity contribution in [3.8, 4) is 17.6 Å². The summed E-state index contributed by atoms with van der Waals surface area (Å²) in [6.45, 7) is 6.01. The quantitative estimate of drug-likeness (QED) is 0.610. The minimum Gasteiger partial charge on any atom is -0.496 e. The largest absolute Gasteiger partial charge is 0.496 e. The molecular formula is C15H17ClO2. The van der Waals surface area contributed by atoms with E-state index >= 15 is 0 Å². The molecule has 0 atom stereocenters. The number of rotatable bonds is 3. The van der Waals surface area contributed by atoms with E-state index in [9.17, 15) is 4.79 Å². The lowest BCUT2D eigenvalue weighted by Crippen LogP contribution is -2.03. The van der Waals surface area contributed by atoms with Gasteiger partial charge >= 0.3 is 0 Å². The first-order valence-corrected chi connectivity index (χ1v) is 6.08. The minimum atomic E-state index is -0.0985. The average molecular weight is 265 g/mol. The molecule has 0 saturated heterocycles. The van der Waals surface area contributed by atoms with E-state index in [0.717, 1.165) is 0 Å². The van der Waals surface area contributed by atoms with Crippen molar-refractivity contribution in [1.82, 2.24) is 0 Å². The minimum absolute atomic E-state index is 0.0777. The Morgan fingerprint density at radius 3 is 2.61 bits per heavy atom. The van der Waals surface area contributed by atoms with Crippen LogP contribution in [0.2, 0.25) is 5.02 Å². The predicted molar refractivity (Wildman–Crippen MR) is 74.2 cm³/mol. The van der Waals surface area contributed by atoms with Crippen LogP contribution in [0.1, 0.15) is 37.6 Å². The Morgan fingerprint density at radius 2 is 2.06 bits per heavy atom. The predicted octanol–water partition coefficient (Wildman–Crippen LogP) is 3.97. The molecule has 0 aliphatic heterocycles. The van der Waals surface area contributed by atoms with Crippen LogP contribution in [0.5, 0.6) is 5.75 Å². The zero-order chi connectivity index (χ0) is 13.8. The van der Waals surface area contributed by atoms with Crippen LogP contribution in [0.25, 0.3) is 0 Å². The Kier molecular flexibility index (Phi) is 4.81. The van der Waals surface area contributed by atoms with Gasteiger partial charge in [0.25, 0.3) is 0 Å². The van der Waals surface area contributed by atoms with E-state index in [2.05, 4.69) is 11.8 Å². The van der Waals surface area contributed by atoms with Gasteiger partial charge in [-0.3, -0.25) is 4.79 Å². The highest BCUT2D eigenvalue weighted by atomic mass is 35.5. The van der Waals surface area contributed by atoms with Gasteiger partial charge in [0, 0.05) is 10.4 Å². The fraction of sp³-hybridized carbons (Fsp3) is 0.400. The molecule has 2 nitrogen and oxygen atoms in total. The highest BCUT2D eigenvalue weighted by molar-refractivity contribution is 6.31. The summed E-state index contributed by atoms with van der Waals surface area (Å²) in [7, 11) is 1.53. The second kappa shape index (κ2) is 5.93. The van der Waals surface area contributed by atoms with Gasteiger partial charge in [-0.25, -0.2) is 0 Å². The van der Waals surface area contributed by atoms with Crippen LogP contribution in [-0.2, 0) is 0 Å². The summed E-state index contributed by atoms with van der Waals surface area (Å²) in [5.41, 5.74) is 0.381. The van der Waals surface area contributed by atoms with Gasteiger partial charge in [0.1, 0.15) is 5.75 Å². The third-order valence-electron chi connectivity index (χ3n) is 2.17. The molecule has 0 heterocycles. The summed E-state index contributed by atoms with van der Waals surface area (Å²) in [6.07, 6.45) is 0.175. The third-order valence-corrected chi connectivity index (χ3v) is 2.41. The first-order chi connectivity index (χ1) is 8.33. The summed E-state index contributed by atoms with van der Waals surface area (Å²) in [6, 6.07) is 4.99. The Bertz CT molecular complexity index is 501. The summed E-state index contributed by atoms with van der Waals surface area (Å²) < 4.78 is 5.14. The second-order valence-electron chi connectivity index (χ2n) is 5.00. The Labute approximate surface area is 113 Å². The van der Waals surface area contributed by atoms with Crippen molar-refractivity contribution >= 4 is 17.4 Å². The fourth-order valence-electron chi connectivity index (χ4n) is 1.38. The van der Waals surface area contributed by atoms with Crippen LogP contribution in [0, 0.1) is 17.3 Å². The van der Waals surface area contributed by atoms with E-state index in [4.69, 9.17) is 16.3 Å². The van der Waals surface area contributed by atoms with E-state index in [1.165, 1.54) is 7.11 Å². The topological polar surface area (TPSA) is 26.3 Å². The van der Waals surface area contributed by atoms with Crippen molar-refractivity contribution in [3.63, 3.8) is 0 Å². The van der Waals surface area contributed by atoms with E-state index < -0.39 is 0 Å². The number of Topliss-reactive ketones (excluding diaryl/α,β-unsaturated/α-hetero) is 1. The van der Waals surface area contributed by atoms with Crippen molar-refractivity contribution in [2.24, 2.45) is 5.41 Å². The summed E-state index contributed by atoms with van der Waals surface area (Å²) in [5, 5.41) is 0.517. The van der Waals surface area contributed by atoms with Gasteiger partial charge in [-0.05, 0) is 39.0 Å². The van der Waals surface area contributed by atoms with Gasteiger partial charge in [-0.1, -0.05) is 23.4 Å². The number of benzene rings is 1. The molecule has 1 aromatic carbocycles. The molecule has 96 valence electrons. The van der Waals surface area contributed by atoms with E-state index in [1.807, 2.05) is 20.8 Å². The van der Waals surface area contributed by atoms with Gasteiger partial charge in [0.2, 0.25) is 0 Å². The molecule has 0 spiro atoms. The van der Waals surface area contributed by atoms with Gasteiger partial charge < -0.3 is 4.74 Å². The van der Waals surface area contributed by atoms with Gasteiger partial charge in [-0.2, -0.15) is 0 Å². The number of carbonyl (C=O) groups is 1. The third kappa shape index (κ3) is 4.43. The zero-order valence-electron chi connectivity index (χ0n) is 11.1. The normalized spacial score (nSPS) is 10.5. The highest BCUT2D eigenvalue weighted by Gasteiger charge is 2.12. The second-order valence-corrected chi connectivity index (χ2v) is 5.43. The van der Waals surface area contributed by atoms with Crippen LogP contribution in [0.4, 0.5) is 0 Å². The molecule has 0 N–H and O–H groups in total. The Balaban J connectivity index is 2.90. The van der Waals surface area contributed by atoms with Gasteiger partial charge in [-0.15, -0.1) is 0 Å². The van der Waals surface area contributed by atoms with Gasteiger partial charge in [0.15, 0.2) is 5.78 Å². The fourth-order valence-corrected chi connectivity index (χ4v) is 1.56. The number of ether oxygens (including phenoxy) is 1. The van der Waals surface area contributed by atoms with Crippen molar-refractivity contribution < 1.29 is 9.53 Å².